The van der Waals surface area contributed by atoms with Crippen molar-refractivity contribution in [3.63, 3.8) is 0 Å². The average Bonchev–Trinajstić information content (AvgIpc) is 2.73. The molecule has 1 saturated heterocycles. The van der Waals surface area contributed by atoms with Crippen LogP contribution < -0.4 is 10.2 Å². The number of benzene rings is 2. The van der Waals surface area contributed by atoms with Gasteiger partial charge in [-0.1, -0.05) is 30.3 Å². The molecule has 1 atom stereocenters. The van der Waals surface area contributed by atoms with Crippen molar-refractivity contribution in [1.29, 1.82) is 0 Å². The van der Waals surface area contributed by atoms with Crippen molar-refractivity contribution in [2.45, 2.75) is 44.4 Å². The van der Waals surface area contributed by atoms with Crippen LogP contribution in [0.1, 0.15) is 36.0 Å². The summed E-state index contributed by atoms with van der Waals surface area (Å²) in [5.41, 5.74) is 3.72. The second-order valence-electron chi connectivity index (χ2n) is 8.41. The van der Waals surface area contributed by atoms with Crippen molar-refractivity contribution in [3.8, 4) is 0 Å². The van der Waals surface area contributed by atoms with Crippen LogP contribution >= 0.6 is 11.6 Å². The van der Waals surface area contributed by atoms with Crippen molar-refractivity contribution in [2.24, 2.45) is 5.92 Å². The smallest absolute Gasteiger partial charge is 0.393 e. The topological polar surface area (TPSA) is 35.5 Å². The van der Waals surface area contributed by atoms with E-state index in [0.717, 1.165) is 35.9 Å². The number of nitrogens with zero attached hydrogens (tertiary/aromatic N) is 1. The number of allylic oxidation sites excluding steroid dienone is 1. The van der Waals surface area contributed by atoms with E-state index in [0.29, 0.717) is 32.4 Å². The minimum atomic E-state index is -4.45. The number of hydrogen-bond acceptors (Lipinski definition) is 3. The van der Waals surface area contributed by atoms with Gasteiger partial charge >= 0.3 is 6.18 Å². The van der Waals surface area contributed by atoms with Gasteiger partial charge < -0.3 is 15.3 Å². The Morgan fingerprint density at radius 1 is 1.13 bits per heavy atom. The normalized spacial score (nSPS) is 19.8. The zero-order valence-electron chi connectivity index (χ0n) is 17.2. The van der Waals surface area contributed by atoms with Crippen LogP contribution in [0.4, 0.5) is 24.5 Å². The molecule has 1 unspecified atom stereocenters. The van der Waals surface area contributed by atoms with Crippen molar-refractivity contribution in [2.75, 3.05) is 23.3 Å². The van der Waals surface area contributed by atoms with Gasteiger partial charge in [-0.3, -0.25) is 0 Å². The van der Waals surface area contributed by atoms with Gasteiger partial charge in [-0.05, 0) is 61.1 Å². The summed E-state index contributed by atoms with van der Waals surface area (Å²) >= 11 is 5.81. The predicted molar refractivity (Wildman–Crippen MR) is 119 cm³/mol. The first kappa shape index (κ1) is 22.0. The highest BCUT2D eigenvalue weighted by Gasteiger charge is 2.36. The molecule has 0 saturated carbocycles. The highest BCUT2D eigenvalue weighted by atomic mass is 35.5. The standard InChI is InChI=1S/C24H26ClF3N2O/c1-15(29-22-4-2-3-17-5-7-19(31)14-20(17)22)16-9-11-30(12-10-16)23-8-6-18(25)13-21(23)24(26,27)28/h2-4,6,8,13,16,19,29,31H,1,5,7,9-12,14H2. The van der Waals surface area contributed by atoms with Gasteiger partial charge in [-0.2, -0.15) is 13.2 Å². The third-order valence-electron chi connectivity index (χ3n) is 6.35. The first-order valence-corrected chi connectivity index (χ1v) is 11.0. The van der Waals surface area contributed by atoms with E-state index >= 15 is 0 Å². The molecular formula is C24H26ClF3N2O. The van der Waals surface area contributed by atoms with Crippen LogP contribution in [0.5, 0.6) is 0 Å². The lowest BCUT2D eigenvalue weighted by atomic mass is 9.88. The molecule has 0 bridgehead atoms. The van der Waals surface area contributed by atoms with Crippen LogP contribution in [-0.2, 0) is 19.0 Å². The Morgan fingerprint density at radius 2 is 1.87 bits per heavy atom. The van der Waals surface area contributed by atoms with E-state index in [1.807, 2.05) is 12.1 Å². The Bertz CT molecular complexity index is 968. The maximum absolute atomic E-state index is 13.5. The second kappa shape index (κ2) is 8.75. The molecule has 2 aromatic carbocycles. The lowest BCUT2D eigenvalue weighted by Gasteiger charge is -2.36. The molecule has 2 aliphatic rings. The van der Waals surface area contributed by atoms with E-state index < -0.39 is 11.7 Å². The SMILES string of the molecule is C=C(Nc1cccc2c1CC(O)CC2)C1CCN(c2ccc(Cl)cc2C(F)(F)F)CC1. The maximum Gasteiger partial charge on any atom is 0.418 e. The van der Waals surface area contributed by atoms with E-state index in [-0.39, 0.29) is 22.7 Å². The number of halogens is 4. The minimum absolute atomic E-state index is 0.0832. The number of aryl methyl sites for hydroxylation is 1. The van der Waals surface area contributed by atoms with Gasteiger partial charge in [-0.25, -0.2) is 0 Å². The third-order valence-corrected chi connectivity index (χ3v) is 6.58. The van der Waals surface area contributed by atoms with Crippen LogP contribution in [0.25, 0.3) is 0 Å². The molecule has 2 N–H and O–H groups in total. The number of rotatable bonds is 4. The first-order chi connectivity index (χ1) is 14.7. The fraction of sp³-hybridized carbons (Fsp3) is 0.417. The number of hydrogen-bond donors (Lipinski definition) is 2. The van der Waals surface area contributed by atoms with E-state index in [1.165, 1.54) is 17.7 Å². The van der Waals surface area contributed by atoms with Crippen LogP contribution in [0, 0.1) is 5.92 Å². The van der Waals surface area contributed by atoms with Crippen LogP contribution in [-0.4, -0.2) is 24.3 Å². The van der Waals surface area contributed by atoms with Crippen molar-refractivity contribution in [3.05, 3.63) is 70.4 Å². The van der Waals surface area contributed by atoms with Crippen LogP contribution in [0.2, 0.25) is 5.02 Å². The average molecular weight is 451 g/mol. The van der Waals surface area contributed by atoms with Crippen molar-refractivity contribution >= 4 is 23.0 Å². The Labute approximate surface area is 185 Å². The van der Waals surface area contributed by atoms with Gasteiger partial charge in [0, 0.05) is 47.5 Å². The largest absolute Gasteiger partial charge is 0.418 e. The molecule has 3 nitrogen and oxygen atoms in total. The zero-order chi connectivity index (χ0) is 22.2. The molecule has 2 aromatic rings. The van der Waals surface area contributed by atoms with Gasteiger partial charge in [0.1, 0.15) is 0 Å². The minimum Gasteiger partial charge on any atom is -0.393 e. The maximum atomic E-state index is 13.5. The number of piperidine rings is 1. The monoisotopic (exact) mass is 450 g/mol. The molecule has 7 heteroatoms. The molecule has 1 aliphatic carbocycles. The van der Waals surface area contributed by atoms with E-state index in [9.17, 15) is 18.3 Å². The molecular weight excluding hydrogens is 425 g/mol. The molecule has 1 aliphatic heterocycles. The van der Waals surface area contributed by atoms with E-state index in [2.05, 4.69) is 18.0 Å². The van der Waals surface area contributed by atoms with Gasteiger partial charge in [0.05, 0.1) is 11.7 Å². The van der Waals surface area contributed by atoms with Crippen molar-refractivity contribution < 1.29 is 18.3 Å². The third kappa shape index (κ3) is 4.85. The Kier molecular flexibility index (Phi) is 6.22. The summed E-state index contributed by atoms with van der Waals surface area (Å²) < 4.78 is 40.4. The number of nitrogens with one attached hydrogen (secondary N) is 1. The van der Waals surface area contributed by atoms with Gasteiger partial charge in [-0.15, -0.1) is 0 Å². The molecule has 1 fully saturated rings. The van der Waals surface area contributed by atoms with Crippen LogP contribution in [0.15, 0.2) is 48.7 Å². The molecule has 0 spiro atoms. The van der Waals surface area contributed by atoms with E-state index in [4.69, 9.17) is 11.6 Å². The molecule has 0 amide bonds. The van der Waals surface area contributed by atoms with Gasteiger partial charge in [0.25, 0.3) is 0 Å². The fourth-order valence-electron chi connectivity index (χ4n) is 4.64. The number of aliphatic hydroxyl groups excluding tert-OH is 1. The lowest BCUT2D eigenvalue weighted by Crippen LogP contribution is -2.36. The lowest BCUT2D eigenvalue weighted by molar-refractivity contribution is -0.137. The van der Waals surface area contributed by atoms with E-state index in [1.54, 1.807) is 4.90 Å². The Morgan fingerprint density at radius 3 is 2.58 bits per heavy atom. The summed E-state index contributed by atoms with van der Waals surface area (Å²) in [6, 6.07) is 10.1. The number of fused-ring (bicyclic) bond motifs is 1. The highest BCUT2D eigenvalue weighted by Crippen LogP contribution is 2.40. The zero-order valence-corrected chi connectivity index (χ0v) is 17.9. The second-order valence-corrected chi connectivity index (χ2v) is 8.85. The number of anilines is 2. The summed E-state index contributed by atoms with van der Waals surface area (Å²) in [5, 5.41) is 13.6. The summed E-state index contributed by atoms with van der Waals surface area (Å²) in [7, 11) is 0. The number of aliphatic hydroxyl groups is 1. The number of alkyl halides is 3. The molecule has 4 rings (SSSR count). The molecule has 0 radical (unpaired) electrons. The first-order valence-electron chi connectivity index (χ1n) is 10.6. The van der Waals surface area contributed by atoms with Crippen molar-refractivity contribution in [1.82, 2.24) is 0 Å². The summed E-state index contributed by atoms with van der Waals surface area (Å²) in [6.07, 6.45) is -1.08. The quantitative estimate of drug-likeness (QED) is 0.595. The molecule has 166 valence electrons. The summed E-state index contributed by atoms with van der Waals surface area (Å²) in [6.45, 7) is 5.25. The molecule has 0 aromatic heterocycles. The van der Waals surface area contributed by atoms with Gasteiger partial charge in [0.15, 0.2) is 0 Å². The van der Waals surface area contributed by atoms with Crippen LogP contribution in [0.3, 0.4) is 0 Å². The molecule has 31 heavy (non-hydrogen) atoms. The highest BCUT2D eigenvalue weighted by molar-refractivity contribution is 6.30. The molecule has 1 heterocycles. The Hall–Kier alpha value is -2.18. The predicted octanol–water partition coefficient (Wildman–Crippen LogP) is 6.05. The summed E-state index contributed by atoms with van der Waals surface area (Å²) in [5.74, 6) is 0.169. The summed E-state index contributed by atoms with van der Waals surface area (Å²) in [4.78, 5) is 1.78. The Balaban J connectivity index is 1.43. The van der Waals surface area contributed by atoms with Gasteiger partial charge in [0.2, 0.25) is 0 Å². The fourth-order valence-corrected chi connectivity index (χ4v) is 4.81.